The van der Waals surface area contributed by atoms with Gasteiger partial charge in [0.25, 0.3) is 5.91 Å². The van der Waals surface area contributed by atoms with Crippen LogP contribution < -0.4 is 10.0 Å². The molecule has 2 N–H and O–H groups in total. The Morgan fingerprint density at radius 3 is 2.10 bits per heavy atom. The van der Waals surface area contributed by atoms with Gasteiger partial charge in [0, 0.05) is 23.7 Å². The Kier molecular flexibility index (Phi) is 7.57. The summed E-state index contributed by atoms with van der Waals surface area (Å²) < 4.78 is 27.4. The standard InChI is InChI=1S/C22H31N3O3S/c1-22(2,3)24-29(27,28)20-13-11-18(12-14-20)21(26)23-16-19(25(4)5)15-17-9-7-6-8-10-17/h6-14,19,24H,15-16H2,1-5H3,(H,23,26). The minimum absolute atomic E-state index is 0.138. The highest BCUT2D eigenvalue weighted by molar-refractivity contribution is 7.89. The second-order valence-corrected chi connectivity index (χ2v) is 10.1. The van der Waals surface area contributed by atoms with Gasteiger partial charge in [-0.2, -0.15) is 0 Å². The predicted octanol–water partition coefficient (Wildman–Crippen LogP) is 2.67. The zero-order valence-electron chi connectivity index (χ0n) is 17.8. The molecule has 7 heteroatoms. The van der Waals surface area contributed by atoms with Gasteiger partial charge in [-0.25, -0.2) is 13.1 Å². The van der Waals surface area contributed by atoms with Crippen molar-refractivity contribution >= 4 is 15.9 Å². The Hall–Kier alpha value is -2.22. The summed E-state index contributed by atoms with van der Waals surface area (Å²) in [6.07, 6.45) is 0.823. The molecule has 29 heavy (non-hydrogen) atoms. The van der Waals surface area contributed by atoms with Crippen LogP contribution in [-0.4, -0.2) is 51.4 Å². The van der Waals surface area contributed by atoms with E-state index in [-0.39, 0.29) is 16.8 Å². The fraction of sp³-hybridized carbons (Fsp3) is 0.409. The van der Waals surface area contributed by atoms with Crippen molar-refractivity contribution in [3.63, 3.8) is 0 Å². The largest absolute Gasteiger partial charge is 0.350 e. The molecule has 158 valence electrons. The Labute approximate surface area is 174 Å². The summed E-state index contributed by atoms with van der Waals surface area (Å²) in [5.74, 6) is -0.224. The van der Waals surface area contributed by atoms with Crippen LogP contribution in [0.3, 0.4) is 0 Å². The third-order valence-electron chi connectivity index (χ3n) is 4.41. The molecule has 0 saturated heterocycles. The molecule has 0 saturated carbocycles. The molecule has 1 atom stereocenters. The average molecular weight is 418 g/mol. The van der Waals surface area contributed by atoms with E-state index >= 15 is 0 Å². The molecule has 1 unspecified atom stereocenters. The fourth-order valence-corrected chi connectivity index (χ4v) is 4.30. The number of carbonyl (C=O) groups is 1. The van der Waals surface area contributed by atoms with Crippen molar-refractivity contribution in [2.75, 3.05) is 20.6 Å². The highest BCUT2D eigenvalue weighted by Gasteiger charge is 2.22. The molecular weight excluding hydrogens is 386 g/mol. The summed E-state index contributed by atoms with van der Waals surface area (Å²) in [4.78, 5) is 14.7. The SMILES string of the molecule is CN(C)C(CNC(=O)c1ccc(S(=O)(=O)NC(C)(C)C)cc1)Cc1ccccc1. The monoisotopic (exact) mass is 417 g/mol. The van der Waals surface area contributed by atoms with E-state index in [1.807, 2.05) is 32.3 Å². The van der Waals surface area contributed by atoms with Crippen molar-refractivity contribution in [2.24, 2.45) is 0 Å². The van der Waals surface area contributed by atoms with Crippen LogP contribution in [0.1, 0.15) is 36.7 Å². The number of sulfonamides is 1. The van der Waals surface area contributed by atoms with E-state index in [9.17, 15) is 13.2 Å². The number of hydrogen-bond donors (Lipinski definition) is 2. The lowest BCUT2D eigenvalue weighted by Crippen LogP contribution is -2.41. The average Bonchev–Trinajstić information content (AvgIpc) is 2.63. The van der Waals surface area contributed by atoms with E-state index in [0.29, 0.717) is 12.1 Å². The lowest BCUT2D eigenvalue weighted by Gasteiger charge is -2.25. The Morgan fingerprint density at radius 1 is 1.00 bits per heavy atom. The van der Waals surface area contributed by atoms with E-state index in [1.165, 1.54) is 29.8 Å². The molecule has 0 heterocycles. The molecule has 2 aromatic rings. The number of amides is 1. The summed E-state index contributed by atoms with van der Waals surface area (Å²) in [5, 5.41) is 2.95. The number of hydrogen-bond acceptors (Lipinski definition) is 4. The molecule has 0 aliphatic rings. The van der Waals surface area contributed by atoms with Crippen molar-refractivity contribution in [1.29, 1.82) is 0 Å². The number of nitrogens with one attached hydrogen (secondary N) is 2. The third-order valence-corrected chi connectivity index (χ3v) is 6.18. The van der Waals surface area contributed by atoms with Crippen LogP contribution in [0, 0.1) is 0 Å². The van der Waals surface area contributed by atoms with Gasteiger partial charge in [0.1, 0.15) is 0 Å². The van der Waals surface area contributed by atoms with E-state index in [0.717, 1.165) is 6.42 Å². The summed E-state index contributed by atoms with van der Waals surface area (Å²) in [6, 6.07) is 16.3. The van der Waals surface area contributed by atoms with Gasteiger partial charge in [0.2, 0.25) is 10.0 Å². The molecule has 0 radical (unpaired) electrons. The fourth-order valence-electron chi connectivity index (χ4n) is 2.88. The first-order chi connectivity index (χ1) is 13.5. The molecule has 0 spiro atoms. The number of rotatable bonds is 8. The van der Waals surface area contributed by atoms with Crippen molar-refractivity contribution in [3.8, 4) is 0 Å². The number of nitrogens with zero attached hydrogens (tertiary/aromatic N) is 1. The molecule has 0 aliphatic carbocycles. The van der Waals surface area contributed by atoms with Gasteiger partial charge in [-0.1, -0.05) is 30.3 Å². The zero-order valence-corrected chi connectivity index (χ0v) is 18.6. The van der Waals surface area contributed by atoms with Crippen molar-refractivity contribution < 1.29 is 13.2 Å². The summed E-state index contributed by atoms with van der Waals surface area (Å²) in [6.45, 7) is 5.83. The maximum absolute atomic E-state index is 12.5. The molecule has 6 nitrogen and oxygen atoms in total. The Morgan fingerprint density at radius 2 is 1.59 bits per heavy atom. The summed E-state index contributed by atoms with van der Waals surface area (Å²) in [5.41, 5.74) is 1.06. The number of benzene rings is 2. The third kappa shape index (κ3) is 7.27. The van der Waals surface area contributed by atoms with E-state index in [1.54, 1.807) is 20.8 Å². The van der Waals surface area contributed by atoms with Gasteiger partial charge in [0.05, 0.1) is 4.90 Å². The molecular formula is C22H31N3O3S. The molecule has 2 rings (SSSR count). The predicted molar refractivity (Wildman–Crippen MR) is 116 cm³/mol. The minimum Gasteiger partial charge on any atom is -0.350 e. The van der Waals surface area contributed by atoms with Gasteiger partial charge in [0.15, 0.2) is 0 Å². The molecule has 0 fully saturated rings. The van der Waals surface area contributed by atoms with Crippen LogP contribution in [0.25, 0.3) is 0 Å². The molecule has 0 aromatic heterocycles. The van der Waals surface area contributed by atoms with E-state index in [2.05, 4.69) is 27.1 Å². The first kappa shape index (κ1) is 23.1. The maximum Gasteiger partial charge on any atom is 0.251 e. The number of carbonyl (C=O) groups excluding carboxylic acids is 1. The maximum atomic E-state index is 12.5. The smallest absolute Gasteiger partial charge is 0.251 e. The van der Waals surface area contributed by atoms with Crippen LogP contribution in [-0.2, 0) is 16.4 Å². The second kappa shape index (κ2) is 9.52. The molecule has 0 aliphatic heterocycles. The Balaban J connectivity index is 2.01. The van der Waals surface area contributed by atoms with Crippen LogP contribution in [0.5, 0.6) is 0 Å². The van der Waals surface area contributed by atoms with Gasteiger partial charge in [-0.3, -0.25) is 4.79 Å². The second-order valence-electron chi connectivity index (χ2n) is 8.40. The molecule has 1 amide bonds. The quantitative estimate of drug-likeness (QED) is 0.692. The van der Waals surface area contributed by atoms with Crippen LogP contribution in [0.4, 0.5) is 0 Å². The van der Waals surface area contributed by atoms with Gasteiger partial charge < -0.3 is 10.2 Å². The van der Waals surface area contributed by atoms with Gasteiger partial charge >= 0.3 is 0 Å². The van der Waals surface area contributed by atoms with Crippen LogP contribution in [0.2, 0.25) is 0 Å². The highest BCUT2D eigenvalue weighted by atomic mass is 32.2. The van der Waals surface area contributed by atoms with Gasteiger partial charge in [-0.15, -0.1) is 0 Å². The number of likely N-dealkylation sites (N-methyl/N-ethyl adjacent to an activating group) is 1. The van der Waals surface area contributed by atoms with Crippen molar-refractivity contribution in [2.45, 2.75) is 43.7 Å². The van der Waals surface area contributed by atoms with Gasteiger partial charge in [-0.05, 0) is 71.1 Å². The van der Waals surface area contributed by atoms with Crippen LogP contribution >= 0.6 is 0 Å². The summed E-state index contributed by atoms with van der Waals surface area (Å²) >= 11 is 0. The van der Waals surface area contributed by atoms with E-state index < -0.39 is 15.6 Å². The topological polar surface area (TPSA) is 78.5 Å². The first-order valence-electron chi connectivity index (χ1n) is 9.60. The lowest BCUT2D eigenvalue weighted by atomic mass is 10.1. The molecule has 2 aromatic carbocycles. The van der Waals surface area contributed by atoms with Crippen LogP contribution in [0.15, 0.2) is 59.5 Å². The normalized spacial score (nSPS) is 13.3. The Bertz CT molecular complexity index is 903. The van der Waals surface area contributed by atoms with E-state index in [4.69, 9.17) is 0 Å². The minimum atomic E-state index is -3.62. The molecule has 0 bridgehead atoms. The van der Waals surface area contributed by atoms with Crippen molar-refractivity contribution in [3.05, 3.63) is 65.7 Å². The first-order valence-corrected chi connectivity index (χ1v) is 11.1. The zero-order chi connectivity index (χ0) is 21.7. The highest BCUT2D eigenvalue weighted by Crippen LogP contribution is 2.14. The summed E-state index contributed by atoms with van der Waals surface area (Å²) in [7, 11) is 0.355. The lowest BCUT2D eigenvalue weighted by molar-refractivity contribution is 0.0941. The van der Waals surface area contributed by atoms with Crippen molar-refractivity contribution in [1.82, 2.24) is 14.9 Å².